The lowest BCUT2D eigenvalue weighted by Gasteiger charge is -2.08. The van der Waals surface area contributed by atoms with Crippen molar-refractivity contribution in [2.75, 3.05) is 6.61 Å². The molecule has 0 radical (unpaired) electrons. The van der Waals surface area contributed by atoms with Crippen LogP contribution in [0.3, 0.4) is 0 Å². The molecular weight excluding hydrogens is 214 g/mol. The zero-order chi connectivity index (χ0) is 12.1. The fraction of sp³-hybridized carbons (Fsp3) is 0.286. The van der Waals surface area contributed by atoms with Gasteiger partial charge in [-0.2, -0.15) is 0 Å². The second-order valence-corrected chi connectivity index (χ2v) is 3.90. The van der Waals surface area contributed by atoms with Gasteiger partial charge in [-0.25, -0.2) is 4.98 Å². The SMILES string of the molecule is CCCCOc1nc2ccccc2cc1C=O. The van der Waals surface area contributed by atoms with Gasteiger partial charge >= 0.3 is 0 Å². The zero-order valence-corrected chi connectivity index (χ0v) is 9.85. The highest BCUT2D eigenvalue weighted by Crippen LogP contribution is 2.20. The Morgan fingerprint density at radius 1 is 1.35 bits per heavy atom. The van der Waals surface area contributed by atoms with Gasteiger partial charge in [0.1, 0.15) is 0 Å². The molecule has 0 amide bonds. The van der Waals surface area contributed by atoms with Gasteiger partial charge in [0.05, 0.1) is 17.7 Å². The van der Waals surface area contributed by atoms with E-state index in [1.165, 1.54) is 0 Å². The predicted molar refractivity (Wildman–Crippen MR) is 67.5 cm³/mol. The number of carbonyl (C=O) groups is 1. The highest BCUT2D eigenvalue weighted by Gasteiger charge is 2.06. The first-order valence-corrected chi connectivity index (χ1v) is 5.83. The van der Waals surface area contributed by atoms with Crippen molar-refractivity contribution in [2.24, 2.45) is 0 Å². The molecule has 0 saturated heterocycles. The van der Waals surface area contributed by atoms with E-state index in [0.29, 0.717) is 18.1 Å². The molecule has 2 aromatic rings. The van der Waals surface area contributed by atoms with Crippen LogP contribution in [0.4, 0.5) is 0 Å². The summed E-state index contributed by atoms with van der Waals surface area (Å²) in [4.78, 5) is 15.3. The topological polar surface area (TPSA) is 39.2 Å². The Bertz CT molecular complexity index is 523. The van der Waals surface area contributed by atoms with Crippen molar-refractivity contribution in [2.45, 2.75) is 19.8 Å². The molecule has 3 heteroatoms. The van der Waals surface area contributed by atoms with Crippen molar-refractivity contribution in [1.29, 1.82) is 0 Å². The van der Waals surface area contributed by atoms with Crippen LogP contribution in [0.15, 0.2) is 30.3 Å². The lowest BCUT2D eigenvalue weighted by Crippen LogP contribution is -2.02. The van der Waals surface area contributed by atoms with Gasteiger partial charge in [0.2, 0.25) is 5.88 Å². The number of rotatable bonds is 5. The normalized spacial score (nSPS) is 10.4. The minimum atomic E-state index is 0.437. The number of aromatic nitrogens is 1. The van der Waals surface area contributed by atoms with E-state index in [1.807, 2.05) is 30.3 Å². The van der Waals surface area contributed by atoms with E-state index in [-0.39, 0.29) is 0 Å². The first-order chi connectivity index (χ1) is 8.35. The highest BCUT2D eigenvalue weighted by atomic mass is 16.5. The maximum absolute atomic E-state index is 11.0. The number of fused-ring (bicyclic) bond motifs is 1. The average molecular weight is 229 g/mol. The lowest BCUT2D eigenvalue weighted by molar-refractivity contribution is 0.111. The van der Waals surface area contributed by atoms with Crippen LogP contribution in [0.2, 0.25) is 0 Å². The molecule has 2 rings (SSSR count). The van der Waals surface area contributed by atoms with Crippen molar-refractivity contribution in [3.63, 3.8) is 0 Å². The molecule has 0 spiro atoms. The summed E-state index contributed by atoms with van der Waals surface area (Å²) < 4.78 is 5.53. The molecular formula is C14H15NO2. The summed E-state index contributed by atoms with van der Waals surface area (Å²) in [6.45, 7) is 2.69. The van der Waals surface area contributed by atoms with E-state index in [0.717, 1.165) is 30.0 Å². The van der Waals surface area contributed by atoms with Gasteiger partial charge in [-0.3, -0.25) is 4.79 Å². The van der Waals surface area contributed by atoms with Crippen LogP contribution in [0.5, 0.6) is 5.88 Å². The number of benzene rings is 1. The predicted octanol–water partition coefficient (Wildman–Crippen LogP) is 3.23. The summed E-state index contributed by atoms with van der Waals surface area (Å²) in [6.07, 6.45) is 2.82. The summed E-state index contributed by atoms with van der Waals surface area (Å²) in [6, 6.07) is 9.51. The quantitative estimate of drug-likeness (QED) is 0.583. The number of ether oxygens (including phenoxy) is 1. The third-order valence-electron chi connectivity index (χ3n) is 2.58. The number of hydrogen-bond acceptors (Lipinski definition) is 3. The molecule has 1 heterocycles. The number of hydrogen-bond donors (Lipinski definition) is 0. The molecule has 17 heavy (non-hydrogen) atoms. The summed E-state index contributed by atoms with van der Waals surface area (Å²) in [5.74, 6) is 0.437. The second kappa shape index (κ2) is 5.43. The van der Waals surface area contributed by atoms with Crippen molar-refractivity contribution >= 4 is 17.2 Å². The van der Waals surface area contributed by atoms with E-state index in [4.69, 9.17) is 4.74 Å². The molecule has 0 aliphatic rings. The Balaban J connectivity index is 2.35. The van der Waals surface area contributed by atoms with Crippen molar-refractivity contribution < 1.29 is 9.53 Å². The third kappa shape index (κ3) is 2.61. The van der Waals surface area contributed by atoms with Crippen LogP contribution in [-0.4, -0.2) is 17.9 Å². The van der Waals surface area contributed by atoms with Crippen LogP contribution >= 0.6 is 0 Å². The molecule has 0 saturated carbocycles. The van der Waals surface area contributed by atoms with Crippen LogP contribution in [-0.2, 0) is 0 Å². The van der Waals surface area contributed by atoms with Crippen molar-refractivity contribution in [3.05, 3.63) is 35.9 Å². The summed E-state index contributed by atoms with van der Waals surface area (Å²) >= 11 is 0. The maximum atomic E-state index is 11.0. The Morgan fingerprint density at radius 2 is 2.18 bits per heavy atom. The van der Waals surface area contributed by atoms with Crippen LogP contribution in [0.1, 0.15) is 30.1 Å². The molecule has 0 bridgehead atoms. The first kappa shape index (κ1) is 11.6. The second-order valence-electron chi connectivity index (χ2n) is 3.90. The lowest BCUT2D eigenvalue weighted by atomic mass is 10.1. The standard InChI is InChI=1S/C14H15NO2/c1-2-3-8-17-14-12(10-16)9-11-6-4-5-7-13(11)15-14/h4-7,9-10H,2-3,8H2,1H3. The third-order valence-corrected chi connectivity index (χ3v) is 2.58. The van der Waals surface area contributed by atoms with Gasteiger partial charge < -0.3 is 4.74 Å². The molecule has 1 aromatic heterocycles. The smallest absolute Gasteiger partial charge is 0.224 e. The van der Waals surface area contributed by atoms with E-state index < -0.39 is 0 Å². The molecule has 88 valence electrons. The van der Waals surface area contributed by atoms with Crippen LogP contribution < -0.4 is 4.74 Å². The number of aldehydes is 1. The van der Waals surface area contributed by atoms with Crippen LogP contribution in [0.25, 0.3) is 10.9 Å². The summed E-state index contributed by atoms with van der Waals surface area (Å²) in [5, 5.41) is 0.956. The van der Waals surface area contributed by atoms with E-state index >= 15 is 0 Å². The fourth-order valence-corrected chi connectivity index (χ4v) is 1.63. The van der Waals surface area contributed by atoms with Gasteiger partial charge in [-0.1, -0.05) is 31.5 Å². The van der Waals surface area contributed by atoms with E-state index in [2.05, 4.69) is 11.9 Å². The monoisotopic (exact) mass is 229 g/mol. The molecule has 0 unspecified atom stereocenters. The van der Waals surface area contributed by atoms with Crippen molar-refractivity contribution in [1.82, 2.24) is 4.98 Å². The minimum Gasteiger partial charge on any atom is -0.477 e. The number of para-hydroxylation sites is 1. The number of pyridine rings is 1. The van der Waals surface area contributed by atoms with E-state index in [1.54, 1.807) is 0 Å². The number of nitrogens with zero attached hydrogens (tertiary/aromatic N) is 1. The van der Waals surface area contributed by atoms with Gasteiger partial charge in [-0.15, -0.1) is 0 Å². The van der Waals surface area contributed by atoms with Crippen LogP contribution in [0, 0.1) is 0 Å². The van der Waals surface area contributed by atoms with E-state index in [9.17, 15) is 4.79 Å². The van der Waals surface area contributed by atoms with Gasteiger partial charge in [0, 0.05) is 5.39 Å². The van der Waals surface area contributed by atoms with Gasteiger partial charge in [0.15, 0.2) is 6.29 Å². The molecule has 0 aliphatic heterocycles. The Kier molecular flexibility index (Phi) is 3.70. The minimum absolute atomic E-state index is 0.437. The number of unbranched alkanes of at least 4 members (excludes halogenated alkanes) is 1. The Morgan fingerprint density at radius 3 is 2.94 bits per heavy atom. The van der Waals surface area contributed by atoms with Crippen molar-refractivity contribution in [3.8, 4) is 5.88 Å². The first-order valence-electron chi connectivity index (χ1n) is 5.83. The molecule has 0 atom stereocenters. The number of carbonyl (C=O) groups excluding carboxylic acids is 1. The summed E-state index contributed by atoms with van der Waals surface area (Å²) in [5.41, 5.74) is 1.37. The Labute approximate surface area is 100 Å². The van der Waals surface area contributed by atoms with Gasteiger partial charge in [0.25, 0.3) is 0 Å². The Hall–Kier alpha value is -1.90. The molecule has 0 fully saturated rings. The largest absolute Gasteiger partial charge is 0.477 e. The molecule has 0 aliphatic carbocycles. The molecule has 1 aromatic carbocycles. The maximum Gasteiger partial charge on any atom is 0.224 e. The zero-order valence-electron chi connectivity index (χ0n) is 9.85. The molecule has 3 nitrogen and oxygen atoms in total. The average Bonchev–Trinajstić information content (AvgIpc) is 2.38. The highest BCUT2D eigenvalue weighted by molar-refractivity contribution is 5.88. The molecule has 0 N–H and O–H groups in total. The fourth-order valence-electron chi connectivity index (χ4n) is 1.63. The summed E-state index contributed by atoms with van der Waals surface area (Å²) in [7, 11) is 0. The van der Waals surface area contributed by atoms with Gasteiger partial charge in [-0.05, 0) is 18.6 Å².